The summed E-state index contributed by atoms with van der Waals surface area (Å²) in [6.07, 6.45) is 4.92. The minimum Gasteiger partial charge on any atom is -0.492 e. The van der Waals surface area contributed by atoms with Crippen molar-refractivity contribution >= 4 is 12.0 Å². The van der Waals surface area contributed by atoms with Gasteiger partial charge in [-0.25, -0.2) is 5.48 Å². The summed E-state index contributed by atoms with van der Waals surface area (Å²) in [5.41, 5.74) is 6.14. The van der Waals surface area contributed by atoms with E-state index in [0.29, 0.717) is 13.2 Å². The first kappa shape index (κ1) is 21.0. The molecule has 1 atom stereocenters. The van der Waals surface area contributed by atoms with Crippen LogP contribution in [0.4, 0.5) is 0 Å². The van der Waals surface area contributed by atoms with Crippen molar-refractivity contribution in [1.29, 1.82) is 0 Å². The van der Waals surface area contributed by atoms with Crippen LogP contribution in [-0.4, -0.2) is 47.4 Å². The van der Waals surface area contributed by atoms with Crippen LogP contribution in [0.1, 0.15) is 34.7 Å². The molecule has 0 bridgehead atoms. The number of hydroxylamine groups is 1. The van der Waals surface area contributed by atoms with Crippen molar-refractivity contribution in [2.75, 3.05) is 26.3 Å². The lowest BCUT2D eigenvalue weighted by Gasteiger charge is -2.29. The molecule has 0 fully saturated rings. The number of hydrogen-bond acceptors (Lipinski definition) is 5. The lowest BCUT2D eigenvalue weighted by Crippen LogP contribution is -2.34. The first-order valence-corrected chi connectivity index (χ1v) is 9.90. The summed E-state index contributed by atoms with van der Waals surface area (Å²) in [5, 5.41) is 18.1. The quantitative estimate of drug-likeness (QED) is 0.345. The van der Waals surface area contributed by atoms with Gasteiger partial charge >= 0.3 is 0 Å². The third-order valence-corrected chi connectivity index (χ3v) is 5.31. The molecular formula is C23H28N2O4. The number of nitrogens with zero attached hydrogens (tertiary/aromatic N) is 1. The van der Waals surface area contributed by atoms with Crippen LogP contribution in [0, 0.1) is 6.92 Å². The van der Waals surface area contributed by atoms with Crippen molar-refractivity contribution in [3.8, 4) is 5.75 Å². The van der Waals surface area contributed by atoms with Gasteiger partial charge in [-0.05, 0) is 54.2 Å². The highest BCUT2D eigenvalue weighted by molar-refractivity contribution is 5.90. The van der Waals surface area contributed by atoms with Crippen LogP contribution >= 0.6 is 0 Å². The second kappa shape index (κ2) is 10.2. The molecule has 0 aromatic heterocycles. The normalized spacial score (nSPS) is 15.7. The Morgan fingerprint density at radius 3 is 2.86 bits per heavy atom. The van der Waals surface area contributed by atoms with Crippen molar-refractivity contribution < 1.29 is 19.8 Å². The van der Waals surface area contributed by atoms with Crippen molar-refractivity contribution in [2.45, 2.75) is 25.8 Å². The van der Waals surface area contributed by atoms with Crippen LogP contribution in [0.5, 0.6) is 5.75 Å². The van der Waals surface area contributed by atoms with Crippen molar-refractivity contribution in [1.82, 2.24) is 10.4 Å². The number of ether oxygens (including phenoxy) is 1. The molecule has 0 saturated heterocycles. The van der Waals surface area contributed by atoms with Gasteiger partial charge in [0.25, 0.3) is 5.91 Å². The molecule has 2 aromatic rings. The largest absolute Gasteiger partial charge is 0.492 e. The summed E-state index contributed by atoms with van der Waals surface area (Å²) in [7, 11) is 0. The molecule has 2 aromatic carbocycles. The van der Waals surface area contributed by atoms with Crippen LogP contribution in [0.25, 0.3) is 6.08 Å². The van der Waals surface area contributed by atoms with Gasteiger partial charge in [0.05, 0.1) is 6.61 Å². The second-order valence-electron chi connectivity index (χ2n) is 7.20. The fourth-order valence-corrected chi connectivity index (χ4v) is 3.85. The minimum atomic E-state index is -0.550. The lowest BCUT2D eigenvalue weighted by atomic mass is 10.0. The topological polar surface area (TPSA) is 82.0 Å². The van der Waals surface area contributed by atoms with E-state index in [0.717, 1.165) is 36.3 Å². The Morgan fingerprint density at radius 2 is 2.10 bits per heavy atom. The Hall–Kier alpha value is -2.67. The van der Waals surface area contributed by atoms with Gasteiger partial charge in [-0.2, -0.15) is 0 Å². The fraction of sp³-hybridized carbons (Fsp3) is 0.348. The molecule has 0 radical (unpaired) electrons. The third kappa shape index (κ3) is 5.44. The van der Waals surface area contributed by atoms with E-state index in [1.807, 2.05) is 37.3 Å². The predicted molar refractivity (Wildman–Crippen MR) is 112 cm³/mol. The molecule has 154 valence electrons. The average molecular weight is 396 g/mol. The molecule has 6 nitrogen and oxygen atoms in total. The van der Waals surface area contributed by atoms with E-state index in [9.17, 15) is 9.90 Å². The number of amides is 1. The molecule has 1 amide bonds. The summed E-state index contributed by atoms with van der Waals surface area (Å²) in [6, 6.07) is 14.4. The van der Waals surface area contributed by atoms with Gasteiger partial charge in [0.15, 0.2) is 0 Å². The molecular weight excluding hydrogens is 368 g/mol. The number of nitrogens with one attached hydrogen (secondary N) is 1. The molecule has 1 aliphatic carbocycles. The molecule has 1 unspecified atom stereocenters. The molecule has 3 rings (SSSR count). The number of fused-ring (bicyclic) bond motifs is 1. The molecule has 6 heteroatoms. The zero-order valence-corrected chi connectivity index (χ0v) is 16.7. The highest BCUT2D eigenvalue weighted by atomic mass is 16.5. The maximum absolute atomic E-state index is 11.2. The second-order valence-corrected chi connectivity index (χ2v) is 7.20. The Kier molecular flexibility index (Phi) is 7.41. The van der Waals surface area contributed by atoms with Crippen LogP contribution < -0.4 is 10.2 Å². The standard InChI is InChI=1S/C23H28N2O4/c1-17-4-2-3-5-22(17)29-15-13-25(12-14-26)21-10-8-19-16-18(6-9-20(19)21)7-11-23(27)24-28/h2-7,9,11,16,21,26,28H,8,10,12-15H2,1H3,(H,24,27)/b11-7+. The maximum Gasteiger partial charge on any atom is 0.267 e. The number of hydrogen-bond donors (Lipinski definition) is 3. The summed E-state index contributed by atoms with van der Waals surface area (Å²) in [4.78, 5) is 13.4. The number of carbonyl (C=O) groups is 1. The minimum absolute atomic E-state index is 0.104. The Morgan fingerprint density at radius 1 is 1.28 bits per heavy atom. The van der Waals surface area contributed by atoms with Crippen molar-refractivity contribution in [2.24, 2.45) is 0 Å². The summed E-state index contributed by atoms with van der Waals surface area (Å²) >= 11 is 0. The number of rotatable bonds is 9. The highest BCUT2D eigenvalue weighted by Gasteiger charge is 2.27. The molecule has 0 heterocycles. The van der Waals surface area contributed by atoms with Gasteiger partial charge in [-0.3, -0.25) is 14.9 Å². The fourth-order valence-electron chi connectivity index (χ4n) is 3.85. The van der Waals surface area contributed by atoms with E-state index in [-0.39, 0.29) is 12.6 Å². The summed E-state index contributed by atoms with van der Waals surface area (Å²) in [5.74, 6) is 0.345. The van der Waals surface area contributed by atoms with Gasteiger partial charge in [-0.15, -0.1) is 0 Å². The highest BCUT2D eigenvalue weighted by Crippen LogP contribution is 2.36. The van der Waals surface area contributed by atoms with Gasteiger partial charge in [0.1, 0.15) is 12.4 Å². The molecule has 0 saturated carbocycles. The first-order valence-electron chi connectivity index (χ1n) is 9.90. The van der Waals surface area contributed by atoms with Gasteiger partial charge in [0.2, 0.25) is 0 Å². The molecule has 0 spiro atoms. The zero-order valence-electron chi connectivity index (χ0n) is 16.7. The van der Waals surface area contributed by atoms with E-state index in [1.165, 1.54) is 17.2 Å². The Labute approximate surface area is 171 Å². The van der Waals surface area contributed by atoms with Gasteiger partial charge in [0, 0.05) is 25.2 Å². The maximum atomic E-state index is 11.2. The Bertz CT molecular complexity index is 866. The smallest absolute Gasteiger partial charge is 0.267 e. The first-order chi connectivity index (χ1) is 14.1. The lowest BCUT2D eigenvalue weighted by molar-refractivity contribution is -0.124. The van der Waals surface area contributed by atoms with E-state index in [4.69, 9.17) is 9.94 Å². The van der Waals surface area contributed by atoms with Crippen LogP contribution in [0.3, 0.4) is 0 Å². The average Bonchev–Trinajstić information content (AvgIpc) is 3.15. The zero-order chi connectivity index (χ0) is 20.6. The number of aryl methyl sites for hydroxylation is 2. The summed E-state index contributed by atoms with van der Waals surface area (Å²) in [6.45, 7) is 4.03. The molecule has 29 heavy (non-hydrogen) atoms. The molecule has 3 N–H and O–H groups in total. The SMILES string of the molecule is Cc1ccccc1OCCN(CCO)C1CCc2cc(/C=C/C(=O)NO)ccc21. The molecule has 1 aliphatic rings. The van der Waals surface area contributed by atoms with E-state index >= 15 is 0 Å². The Balaban J connectivity index is 1.66. The third-order valence-electron chi connectivity index (χ3n) is 5.31. The molecule has 0 aliphatic heterocycles. The number of para-hydroxylation sites is 1. The number of aliphatic hydroxyl groups excluding tert-OH is 1. The predicted octanol–water partition coefficient (Wildman–Crippen LogP) is 2.87. The number of benzene rings is 2. The summed E-state index contributed by atoms with van der Waals surface area (Å²) < 4.78 is 5.95. The van der Waals surface area contributed by atoms with Crippen molar-refractivity contribution in [3.63, 3.8) is 0 Å². The van der Waals surface area contributed by atoms with Gasteiger partial charge < -0.3 is 9.84 Å². The number of carbonyl (C=O) groups excluding carboxylic acids is 1. The van der Waals surface area contributed by atoms with E-state index in [2.05, 4.69) is 17.0 Å². The van der Waals surface area contributed by atoms with E-state index in [1.54, 1.807) is 11.6 Å². The van der Waals surface area contributed by atoms with E-state index < -0.39 is 5.91 Å². The van der Waals surface area contributed by atoms with Crippen molar-refractivity contribution in [3.05, 3.63) is 70.8 Å². The van der Waals surface area contributed by atoms with Crippen LogP contribution in [0.2, 0.25) is 0 Å². The monoisotopic (exact) mass is 396 g/mol. The number of aliphatic hydroxyl groups is 1. The van der Waals surface area contributed by atoms with Crippen LogP contribution in [0.15, 0.2) is 48.5 Å². The van der Waals surface area contributed by atoms with Gasteiger partial charge in [-0.1, -0.05) is 36.4 Å². The van der Waals surface area contributed by atoms with Crippen LogP contribution in [-0.2, 0) is 11.2 Å².